The highest BCUT2D eigenvalue weighted by molar-refractivity contribution is 9.10. The molecule has 0 saturated heterocycles. The fourth-order valence-electron chi connectivity index (χ4n) is 1.80. The van der Waals surface area contributed by atoms with Crippen LogP contribution in [0.4, 0.5) is 5.69 Å². The lowest BCUT2D eigenvalue weighted by Gasteiger charge is -2.18. The highest BCUT2D eigenvalue weighted by atomic mass is 79.9. The summed E-state index contributed by atoms with van der Waals surface area (Å²) in [5.74, 6) is 0.0154. The summed E-state index contributed by atoms with van der Waals surface area (Å²) >= 11 is 3.39. The number of carbonyl (C=O) groups is 1. The van der Waals surface area contributed by atoms with Crippen LogP contribution in [0.15, 0.2) is 46.9 Å². The molecule has 2 aromatic rings. The average Bonchev–Trinajstić information content (AvgIpc) is 2.40. The Balaban J connectivity index is 2.36. The molecule has 0 spiro atoms. The summed E-state index contributed by atoms with van der Waals surface area (Å²) < 4.78 is 0.759. The van der Waals surface area contributed by atoms with Gasteiger partial charge < -0.3 is 10.0 Å². The molecule has 2 rings (SSSR count). The molecule has 4 heteroatoms. The molecule has 1 amide bonds. The second-order valence-electron chi connectivity index (χ2n) is 4.37. The van der Waals surface area contributed by atoms with Crippen LogP contribution in [0.5, 0.6) is 5.75 Å². The molecule has 0 bridgehead atoms. The van der Waals surface area contributed by atoms with Gasteiger partial charge in [-0.1, -0.05) is 17.7 Å². The van der Waals surface area contributed by atoms with Crippen LogP contribution in [0.25, 0.3) is 0 Å². The first kappa shape index (κ1) is 13.6. The number of amides is 1. The number of anilines is 1. The van der Waals surface area contributed by atoms with Crippen molar-refractivity contribution < 1.29 is 9.90 Å². The van der Waals surface area contributed by atoms with E-state index in [-0.39, 0.29) is 11.7 Å². The molecule has 0 radical (unpaired) electrons. The lowest BCUT2D eigenvalue weighted by atomic mass is 10.1. The van der Waals surface area contributed by atoms with Crippen molar-refractivity contribution in [3.8, 4) is 5.75 Å². The lowest BCUT2D eigenvalue weighted by Crippen LogP contribution is -2.26. The van der Waals surface area contributed by atoms with Gasteiger partial charge in [0.15, 0.2) is 0 Å². The number of aryl methyl sites for hydroxylation is 1. The molecule has 0 saturated carbocycles. The van der Waals surface area contributed by atoms with E-state index >= 15 is 0 Å². The molecule has 0 aromatic heterocycles. The van der Waals surface area contributed by atoms with Gasteiger partial charge in [0.2, 0.25) is 0 Å². The molecule has 3 nitrogen and oxygen atoms in total. The van der Waals surface area contributed by atoms with Gasteiger partial charge >= 0.3 is 0 Å². The molecular formula is C15H14BrNO2. The van der Waals surface area contributed by atoms with Gasteiger partial charge in [0.05, 0.1) is 5.56 Å². The summed E-state index contributed by atoms with van der Waals surface area (Å²) in [4.78, 5) is 14.0. The molecule has 1 N–H and O–H groups in total. The van der Waals surface area contributed by atoms with E-state index in [2.05, 4.69) is 15.9 Å². The predicted octanol–water partition coefficient (Wildman–Crippen LogP) is 3.74. The molecule has 0 heterocycles. The maximum absolute atomic E-state index is 12.4. The maximum atomic E-state index is 12.4. The van der Waals surface area contributed by atoms with E-state index in [1.165, 1.54) is 4.90 Å². The topological polar surface area (TPSA) is 40.5 Å². The van der Waals surface area contributed by atoms with Gasteiger partial charge in [0.25, 0.3) is 5.91 Å². The van der Waals surface area contributed by atoms with E-state index < -0.39 is 0 Å². The third kappa shape index (κ3) is 2.96. The van der Waals surface area contributed by atoms with Crippen LogP contribution in [0.2, 0.25) is 0 Å². The molecule has 98 valence electrons. The second-order valence-corrected chi connectivity index (χ2v) is 5.22. The zero-order valence-corrected chi connectivity index (χ0v) is 12.3. The Bertz CT molecular complexity index is 625. The van der Waals surface area contributed by atoms with E-state index in [0.717, 1.165) is 10.0 Å². The Hall–Kier alpha value is -1.81. The Morgan fingerprint density at radius 3 is 2.63 bits per heavy atom. The van der Waals surface area contributed by atoms with Crippen molar-refractivity contribution >= 4 is 27.5 Å². The van der Waals surface area contributed by atoms with Gasteiger partial charge in [0.1, 0.15) is 5.75 Å². The number of phenolic OH excluding ortho intramolecular Hbond substituents is 1. The standard InChI is InChI=1S/C15H14BrNO2/c1-10-6-7-14(16)13(8-10)15(19)17(2)11-4-3-5-12(18)9-11/h3-9,18H,1-2H3. The SMILES string of the molecule is Cc1ccc(Br)c(C(=O)N(C)c2cccc(O)c2)c1. The number of phenols is 1. The van der Waals surface area contributed by atoms with E-state index in [1.54, 1.807) is 31.3 Å². The molecule has 0 aliphatic heterocycles. The normalized spacial score (nSPS) is 10.3. The largest absolute Gasteiger partial charge is 0.508 e. The van der Waals surface area contributed by atoms with Gasteiger partial charge in [-0.3, -0.25) is 4.79 Å². The first-order chi connectivity index (χ1) is 8.99. The number of aromatic hydroxyl groups is 1. The minimum absolute atomic E-state index is 0.124. The summed E-state index contributed by atoms with van der Waals surface area (Å²) in [6.07, 6.45) is 0. The van der Waals surface area contributed by atoms with Gasteiger partial charge in [0, 0.05) is 23.3 Å². The van der Waals surface area contributed by atoms with Crippen molar-refractivity contribution in [1.29, 1.82) is 0 Å². The molecule has 0 aliphatic carbocycles. The van der Waals surface area contributed by atoms with Crippen LogP contribution in [-0.2, 0) is 0 Å². The Morgan fingerprint density at radius 1 is 1.21 bits per heavy atom. The molecule has 19 heavy (non-hydrogen) atoms. The maximum Gasteiger partial charge on any atom is 0.259 e. The van der Waals surface area contributed by atoms with Crippen LogP contribution in [0, 0.1) is 6.92 Å². The van der Waals surface area contributed by atoms with Crippen LogP contribution in [-0.4, -0.2) is 18.1 Å². The first-order valence-corrected chi connectivity index (χ1v) is 6.61. The summed E-state index contributed by atoms with van der Waals surface area (Å²) in [6, 6.07) is 12.3. The molecule has 0 aliphatic rings. The van der Waals surface area contributed by atoms with Gasteiger partial charge in [-0.05, 0) is 47.1 Å². The summed E-state index contributed by atoms with van der Waals surface area (Å²) in [5, 5.41) is 9.47. The van der Waals surface area contributed by atoms with E-state index in [0.29, 0.717) is 11.3 Å². The minimum Gasteiger partial charge on any atom is -0.508 e. The monoisotopic (exact) mass is 319 g/mol. The van der Waals surface area contributed by atoms with Crippen molar-refractivity contribution in [2.45, 2.75) is 6.92 Å². The molecule has 2 aromatic carbocycles. The number of rotatable bonds is 2. The van der Waals surface area contributed by atoms with E-state index in [1.807, 2.05) is 25.1 Å². The fourth-order valence-corrected chi connectivity index (χ4v) is 2.22. The lowest BCUT2D eigenvalue weighted by molar-refractivity contribution is 0.0992. The number of carbonyl (C=O) groups excluding carboxylic acids is 1. The Labute approximate surface area is 120 Å². The van der Waals surface area contributed by atoms with Crippen molar-refractivity contribution in [2.24, 2.45) is 0 Å². The highest BCUT2D eigenvalue weighted by Gasteiger charge is 2.16. The third-order valence-corrected chi connectivity index (χ3v) is 3.57. The average molecular weight is 320 g/mol. The van der Waals surface area contributed by atoms with Crippen LogP contribution < -0.4 is 4.90 Å². The molecular weight excluding hydrogens is 306 g/mol. The zero-order valence-electron chi connectivity index (χ0n) is 10.7. The number of nitrogens with zero attached hydrogens (tertiary/aromatic N) is 1. The third-order valence-electron chi connectivity index (χ3n) is 2.87. The summed E-state index contributed by atoms with van der Waals surface area (Å²) in [6.45, 7) is 1.94. The van der Waals surface area contributed by atoms with E-state index in [4.69, 9.17) is 0 Å². The number of hydrogen-bond donors (Lipinski definition) is 1. The van der Waals surface area contributed by atoms with Gasteiger partial charge in [-0.2, -0.15) is 0 Å². The number of halogens is 1. The minimum atomic E-state index is -0.124. The van der Waals surface area contributed by atoms with Gasteiger partial charge in [-0.15, -0.1) is 0 Å². The van der Waals surface area contributed by atoms with Crippen LogP contribution in [0.1, 0.15) is 15.9 Å². The Kier molecular flexibility index (Phi) is 3.90. The zero-order chi connectivity index (χ0) is 14.0. The second kappa shape index (κ2) is 5.45. The van der Waals surface area contributed by atoms with Gasteiger partial charge in [-0.25, -0.2) is 0 Å². The molecule has 0 unspecified atom stereocenters. The fraction of sp³-hybridized carbons (Fsp3) is 0.133. The predicted molar refractivity (Wildman–Crippen MR) is 79.7 cm³/mol. The summed E-state index contributed by atoms with van der Waals surface area (Å²) in [5.41, 5.74) is 2.28. The quantitative estimate of drug-likeness (QED) is 0.916. The van der Waals surface area contributed by atoms with Crippen molar-refractivity contribution in [3.63, 3.8) is 0 Å². The molecule has 0 fully saturated rings. The van der Waals surface area contributed by atoms with Crippen LogP contribution in [0.3, 0.4) is 0 Å². The number of benzene rings is 2. The highest BCUT2D eigenvalue weighted by Crippen LogP contribution is 2.24. The van der Waals surface area contributed by atoms with E-state index in [9.17, 15) is 9.90 Å². The smallest absolute Gasteiger partial charge is 0.259 e. The van der Waals surface area contributed by atoms with Crippen molar-refractivity contribution in [1.82, 2.24) is 0 Å². The van der Waals surface area contributed by atoms with Crippen LogP contribution >= 0.6 is 15.9 Å². The summed E-state index contributed by atoms with van der Waals surface area (Å²) in [7, 11) is 1.69. The molecule has 0 atom stereocenters. The van der Waals surface area contributed by atoms with Crippen molar-refractivity contribution in [3.05, 3.63) is 58.1 Å². The number of hydrogen-bond acceptors (Lipinski definition) is 2. The Morgan fingerprint density at radius 2 is 1.95 bits per heavy atom. The van der Waals surface area contributed by atoms with Crippen molar-refractivity contribution in [2.75, 3.05) is 11.9 Å². The first-order valence-electron chi connectivity index (χ1n) is 5.82.